The van der Waals surface area contributed by atoms with Crippen LogP contribution in [-0.2, 0) is 22.7 Å². The molecule has 1 aliphatic carbocycles. The highest BCUT2D eigenvalue weighted by atomic mass is 19.4. The Bertz CT molecular complexity index is 768. The molecule has 2 rings (SSSR count). The molecule has 164 valence electrons. The van der Waals surface area contributed by atoms with E-state index in [1.165, 1.54) is 0 Å². The number of benzene rings is 1. The standard InChI is InChI=1S/C20H23F7O2/c1-18(2)12(6-7-20(25,26)27)17(18)19(3,4)29-9-11-15(23)13(21)10(8-28-5)14(22)16(11)24/h6-7,12,17H,8-9H2,1-5H3/b7-6-. The lowest BCUT2D eigenvalue weighted by molar-refractivity contribution is -0.0804. The maximum absolute atomic E-state index is 14.2. The van der Waals surface area contributed by atoms with Gasteiger partial charge in [-0.3, -0.25) is 0 Å². The van der Waals surface area contributed by atoms with Crippen molar-refractivity contribution in [2.45, 2.75) is 52.7 Å². The van der Waals surface area contributed by atoms with Gasteiger partial charge in [0.1, 0.15) is 0 Å². The Morgan fingerprint density at radius 3 is 1.76 bits per heavy atom. The van der Waals surface area contributed by atoms with Gasteiger partial charge in [-0.2, -0.15) is 13.2 Å². The molecule has 0 saturated heterocycles. The summed E-state index contributed by atoms with van der Waals surface area (Å²) in [5, 5.41) is 0. The number of methoxy groups -OCH3 is 1. The Morgan fingerprint density at radius 2 is 1.34 bits per heavy atom. The molecule has 0 amide bonds. The molecule has 0 spiro atoms. The van der Waals surface area contributed by atoms with Gasteiger partial charge in [-0.15, -0.1) is 0 Å². The smallest absolute Gasteiger partial charge is 0.380 e. The Kier molecular flexibility index (Phi) is 6.45. The van der Waals surface area contributed by atoms with Crippen LogP contribution in [0.1, 0.15) is 38.8 Å². The first-order chi connectivity index (χ1) is 13.1. The number of hydrogen-bond donors (Lipinski definition) is 0. The molecule has 0 heterocycles. The van der Waals surface area contributed by atoms with Gasteiger partial charge in [0.2, 0.25) is 0 Å². The fourth-order valence-electron chi connectivity index (χ4n) is 4.05. The van der Waals surface area contributed by atoms with Gasteiger partial charge in [-0.05, 0) is 31.1 Å². The van der Waals surface area contributed by atoms with Crippen molar-refractivity contribution in [1.82, 2.24) is 0 Å². The van der Waals surface area contributed by atoms with Crippen molar-refractivity contribution < 1.29 is 40.2 Å². The highest BCUT2D eigenvalue weighted by molar-refractivity contribution is 5.29. The van der Waals surface area contributed by atoms with E-state index in [9.17, 15) is 30.7 Å². The summed E-state index contributed by atoms with van der Waals surface area (Å²) in [6.45, 7) is 5.17. The fraction of sp³-hybridized carbons (Fsp3) is 0.600. The summed E-state index contributed by atoms with van der Waals surface area (Å²) >= 11 is 0. The highest BCUT2D eigenvalue weighted by Crippen LogP contribution is 2.64. The predicted molar refractivity (Wildman–Crippen MR) is 91.8 cm³/mol. The van der Waals surface area contributed by atoms with Crippen molar-refractivity contribution in [2.24, 2.45) is 17.3 Å². The third-order valence-electron chi connectivity index (χ3n) is 5.47. The number of alkyl halides is 3. The molecule has 2 unspecified atom stereocenters. The predicted octanol–water partition coefficient (Wildman–Crippen LogP) is 6.08. The second-order valence-corrected chi connectivity index (χ2v) is 8.26. The maximum Gasteiger partial charge on any atom is 0.409 e. The third kappa shape index (κ3) is 4.77. The van der Waals surface area contributed by atoms with Crippen LogP contribution in [0.2, 0.25) is 0 Å². The van der Waals surface area contributed by atoms with E-state index in [1.807, 2.05) is 0 Å². The van der Waals surface area contributed by atoms with E-state index >= 15 is 0 Å². The van der Waals surface area contributed by atoms with Gasteiger partial charge in [0.25, 0.3) is 0 Å². The molecule has 29 heavy (non-hydrogen) atoms. The fourth-order valence-corrected chi connectivity index (χ4v) is 4.05. The van der Waals surface area contributed by atoms with E-state index in [-0.39, 0.29) is 6.08 Å². The zero-order valence-corrected chi connectivity index (χ0v) is 16.7. The molecule has 1 fully saturated rings. The van der Waals surface area contributed by atoms with Crippen molar-refractivity contribution >= 4 is 0 Å². The van der Waals surface area contributed by atoms with Crippen LogP contribution in [0.25, 0.3) is 0 Å². The van der Waals surface area contributed by atoms with Gasteiger partial charge < -0.3 is 9.47 Å². The summed E-state index contributed by atoms with van der Waals surface area (Å²) in [6.07, 6.45) is -3.27. The summed E-state index contributed by atoms with van der Waals surface area (Å²) < 4.78 is 104. The zero-order chi connectivity index (χ0) is 22.4. The lowest BCUT2D eigenvalue weighted by atomic mass is 9.96. The maximum atomic E-state index is 14.2. The third-order valence-corrected chi connectivity index (χ3v) is 5.47. The van der Waals surface area contributed by atoms with Crippen LogP contribution in [-0.4, -0.2) is 18.9 Å². The Morgan fingerprint density at radius 1 is 0.897 bits per heavy atom. The Balaban J connectivity index is 2.22. The molecule has 1 saturated carbocycles. The number of rotatable bonds is 7. The van der Waals surface area contributed by atoms with Crippen LogP contribution >= 0.6 is 0 Å². The first-order valence-electron chi connectivity index (χ1n) is 8.87. The molecule has 2 nitrogen and oxygen atoms in total. The van der Waals surface area contributed by atoms with Gasteiger partial charge in [0, 0.05) is 13.2 Å². The Hall–Kier alpha value is -1.61. The summed E-state index contributed by atoms with van der Waals surface area (Å²) in [5.74, 6) is -7.20. The Labute approximate surface area is 164 Å². The van der Waals surface area contributed by atoms with E-state index in [0.29, 0.717) is 0 Å². The minimum absolute atomic E-state index is 0.147. The van der Waals surface area contributed by atoms with Gasteiger partial charge >= 0.3 is 6.18 Å². The molecular weight excluding hydrogens is 405 g/mol. The van der Waals surface area contributed by atoms with Gasteiger partial charge in [0.05, 0.1) is 29.9 Å². The summed E-state index contributed by atoms with van der Waals surface area (Å²) in [5.41, 5.74) is -3.46. The first kappa shape index (κ1) is 23.7. The van der Waals surface area contributed by atoms with Crippen molar-refractivity contribution in [3.63, 3.8) is 0 Å². The number of halogens is 7. The van der Waals surface area contributed by atoms with Crippen molar-refractivity contribution in [3.8, 4) is 0 Å². The SMILES string of the molecule is COCc1c(F)c(F)c(COC(C)(C)C2C(/C=C\C(F)(F)F)C2(C)C)c(F)c1F. The second kappa shape index (κ2) is 7.91. The molecule has 0 radical (unpaired) electrons. The zero-order valence-electron chi connectivity index (χ0n) is 16.7. The summed E-state index contributed by atoms with van der Waals surface area (Å²) in [7, 11) is 1.12. The van der Waals surface area contributed by atoms with Crippen LogP contribution in [0.4, 0.5) is 30.7 Å². The summed E-state index contributed by atoms with van der Waals surface area (Å²) in [4.78, 5) is 0. The molecule has 9 heteroatoms. The average Bonchev–Trinajstić information content (AvgIpc) is 3.16. The molecule has 1 aliphatic rings. The van der Waals surface area contributed by atoms with Crippen molar-refractivity contribution in [2.75, 3.05) is 7.11 Å². The van der Waals surface area contributed by atoms with Gasteiger partial charge in [0.15, 0.2) is 23.3 Å². The quantitative estimate of drug-likeness (QED) is 0.298. The molecule has 0 N–H and O–H groups in total. The van der Waals surface area contributed by atoms with Crippen molar-refractivity contribution in [1.29, 1.82) is 0 Å². The van der Waals surface area contributed by atoms with Crippen LogP contribution in [0.5, 0.6) is 0 Å². The van der Waals surface area contributed by atoms with Crippen LogP contribution in [0, 0.1) is 40.5 Å². The molecule has 1 aromatic rings. The van der Waals surface area contributed by atoms with E-state index in [1.54, 1.807) is 27.7 Å². The number of ether oxygens (including phenoxy) is 2. The van der Waals surface area contributed by atoms with Crippen molar-refractivity contribution in [3.05, 3.63) is 46.5 Å². The van der Waals surface area contributed by atoms with Crippen LogP contribution in [0.15, 0.2) is 12.2 Å². The van der Waals surface area contributed by atoms with Gasteiger partial charge in [-0.25, -0.2) is 17.6 Å². The van der Waals surface area contributed by atoms with E-state index in [4.69, 9.17) is 4.74 Å². The van der Waals surface area contributed by atoms with E-state index in [2.05, 4.69) is 4.74 Å². The molecule has 0 aromatic heterocycles. The first-order valence-corrected chi connectivity index (χ1v) is 8.87. The van der Waals surface area contributed by atoms with E-state index in [0.717, 1.165) is 13.2 Å². The molecule has 0 bridgehead atoms. The van der Waals surface area contributed by atoms with Crippen LogP contribution < -0.4 is 0 Å². The van der Waals surface area contributed by atoms with Gasteiger partial charge in [-0.1, -0.05) is 19.9 Å². The molecule has 2 atom stereocenters. The number of hydrogen-bond acceptors (Lipinski definition) is 2. The van der Waals surface area contributed by atoms with Crippen LogP contribution in [0.3, 0.4) is 0 Å². The molecule has 0 aliphatic heterocycles. The van der Waals surface area contributed by atoms with E-state index < -0.39 is 76.6 Å². The monoisotopic (exact) mass is 428 g/mol. The minimum Gasteiger partial charge on any atom is -0.380 e. The lowest BCUT2D eigenvalue weighted by Crippen LogP contribution is -2.30. The lowest BCUT2D eigenvalue weighted by Gasteiger charge is -2.28. The largest absolute Gasteiger partial charge is 0.409 e. The summed E-state index contributed by atoms with van der Waals surface area (Å²) in [6, 6.07) is 0. The highest BCUT2D eigenvalue weighted by Gasteiger charge is 2.63. The number of allylic oxidation sites excluding steroid dienone is 2. The molecule has 1 aromatic carbocycles. The normalized spacial score (nSPS) is 21.8. The second-order valence-electron chi connectivity index (χ2n) is 8.26. The topological polar surface area (TPSA) is 18.5 Å². The minimum atomic E-state index is -4.46. The average molecular weight is 428 g/mol. The molecular formula is C20H23F7O2.